The van der Waals surface area contributed by atoms with Crippen LogP contribution in [0.1, 0.15) is 65.2 Å². The van der Waals surface area contributed by atoms with Crippen molar-refractivity contribution < 1.29 is 4.74 Å². The molecule has 0 bridgehead atoms. The molecule has 0 N–H and O–H groups in total. The molecule has 0 aliphatic carbocycles. The second-order valence-electron chi connectivity index (χ2n) is 5.72. The Morgan fingerprint density at radius 1 is 0.944 bits per heavy atom. The van der Waals surface area contributed by atoms with Crippen molar-refractivity contribution in [2.24, 2.45) is 5.92 Å². The van der Waals surface area contributed by atoms with Crippen LogP contribution in [0.3, 0.4) is 0 Å². The molecule has 1 atom stereocenters. The van der Waals surface area contributed by atoms with E-state index in [4.69, 9.17) is 4.74 Å². The minimum absolute atomic E-state index is 0.939. The lowest BCUT2D eigenvalue weighted by atomic mass is 9.93. The predicted octanol–water partition coefficient (Wildman–Crippen LogP) is 4.10. The molecule has 0 radical (unpaired) electrons. The Morgan fingerprint density at radius 2 is 1.67 bits per heavy atom. The van der Waals surface area contributed by atoms with Crippen LogP contribution in [0, 0.1) is 5.92 Å². The van der Waals surface area contributed by atoms with Gasteiger partial charge >= 0.3 is 0 Å². The summed E-state index contributed by atoms with van der Waals surface area (Å²) in [4.78, 5) is 2.56. The predicted molar refractivity (Wildman–Crippen MR) is 79.0 cm³/mol. The largest absolute Gasteiger partial charge is 0.379 e. The molecule has 0 aromatic heterocycles. The number of rotatable bonds is 10. The van der Waals surface area contributed by atoms with Crippen molar-refractivity contribution in [3.8, 4) is 0 Å². The molecule has 1 heterocycles. The number of hydrogen-bond acceptors (Lipinski definition) is 2. The molecule has 0 saturated carbocycles. The van der Waals surface area contributed by atoms with E-state index in [1.165, 1.54) is 57.9 Å². The molecule has 2 heteroatoms. The normalized spacial score (nSPS) is 19.0. The van der Waals surface area contributed by atoms with Crippen molar-refractivity contribution >= 4 is 0 Å². The molecule has 0 aromatic rings. The maximum Gasteiger partial charge on any atom is 0.0594 e. The van der Waals surface area contributed by atoms with Crippen molar-refractivity contribution in [3.63, 3.8) is 0 Å². The maximum absolute atomic E-state index is 5.38. The van der Waals surface area contributed by atoms with E-state index in [9.17, 15) is 0 Å². The Labute approximate surface area is 114 Å². The zero-order chi connectivity index (χ0) is 13.1. The highest BCUT2D eigenvalue weighted by Gasteiger charge is 2.11. The quantitative estimate of drug-likeness (QED) is 0.545. The molecule has 1 aliphatic rings. The number of nitrogens with zero attached hydrogens (tertiary/aromatic N) is 1. The Kier molecular flexibility index (Phi) is 9.59. The van der Waals surface area contributed by atoms with Crippen molar-refractivity contribution in [2.45, 2.75) is 65.2 Å². The Hall–Kier alpha value is -0.0800. The summed E-state index contributed by atoms with van der Waals surface area (Å²) < 4.78 is 5.38. The van der Waals surface area contributed by atoms with Crippen LogP contribution in [0.15, 0.2) is 0 Å². The van der Waals surface area contributed by atoms with Crippen LogP contribution in [0.4, 0.5) is 0 Å². The van der Waals surface area contributed by atoms with Crippen LogP contribution in [-0.4, -0.2) is 37.7 Å². The third-order valence-corrected chi connectivity index (χ3v) is 4.23. The third kappa shape index (κ3) is 7.38. The summed E-state index contributed by atoms with van der Waals surface area (Å²) >= 11 is 0. The minimum atomic E-state index is 0.939. The van der Waals surface area contributed by atoms with Crippen LogP contribution in [-0.2, 0) is 4.74 Å². The number of hydrogen-bond donors (Lipinski definition) is 0. The van der Waals surface area contributed by atoms with E-state index in [1.807, 2.05) is 0 Å². The summed E-state index contributed by atoms with van der Waals surface area (Å²) in [6.07, 6.45) is 11.3. The SMILES string of the molecule is CCCCCCC(CC)CCCN1CCOCC1. The lowest BCUT2D eigenvalue weighted by Crippen LogP contribution is -2.36. The van der Waals surface area contributed by atoms with E-state index in [-0.39, 0.29) is 0 Å². The van der Waals surface area contributed by atoms with Gasteiger partial charge in [-0.25, -0.2) is 0 Å². The average Bonchev–Trinajstić information content (AvgIpc) is 2.42. The summed E-state index contributed by atoms with van der Waals surface area (Å²) in [6.45, 7) is 10.1. The van der Waals surface area contributed by atoms with Crippen LogP contribution < -0.4 is 0 Å². The van der Waals surface area contributed by atoms with Crippen LogP contribution >= 0.6 is 0 Å². The molecule has 1 unspecified atom stereocenters. The maximum atomic E-state index is 5.38. The Bertz CT molecular complexity index is 178. The molecule has 1 rings (SSSR count). The molecule has 1 fully saturated rings. The number of unbranched alkanes of at least 4 members (excludes halogenated alkanes) is 3. The summed E-state index contributed by atoms with van der Waals surface area (Å²) in [7, 11) is 0. The van der Waals surface area contributed by atoms with Crippen LogP contribution in [0.5, 0.6) is 0 Å². The van der Waals surface area contributed by atoms with Gasteiger partial charge in [0.25, 0.3) is 0 Å². The lowest BCUT2D eigenvalue weighted by molar-refractivity contribution is 0.0366. The zero-order valence-corrected chi connectivity index (χ0v) is 12.6. The second-order valence-corrected chi connectivity index (χ2v) is 5.72. The smallest absolute Gasteiger partial charge is 0.0594 e. The fraction of sp³-hybridized carbons (Fsp3) is 1.00. The third-order valence-electron chi connectivity index (χ3n) is 4.23. The monoisotopic (exact) mass is 255 g/mol. The van der Waals surface area contributed by atoms with Crippen molar-refractivity contribution in [1.29, 1.82) is 0 Å². The first-order valence-electron chi connectivity index (χ1n) is 8.16. The van der Waals surface area contributed by atoms with Gasteiger partial charge in [0.2, 0.25) is 0 Å². The fourth-order valence-electron chi connectivity index (χ4n) is 2.84. The first-order valence-corrected chi connectivity index (χ1v) is 8.16. The highest BCUT2D eigenvalue weighted by atomic mass is 16.5. The molecule has 18 heavy (non-hydrogen) atoms. The van der Waals surface area contributed by atoms with Crippen LogP contribution in [0.2, 0.25) is 0 Å². The summed E-state index contributed by atoms with van der Waals surface area (Å²) in [5.74, 6) is 0.975. The van der Waals surface area contributed by atoms with Gasteiger partial charge in [-0.1, -0.05) is 52.4 Å². The van der Waals surface area contributed by atoms with E-state index in [1.54, 1.807) is 0 Å². The van der Waals surface area contributed by atoms with Gasteiger partial charge in [0.1, 0.15) is 0 Å². The molecule has 0 amide bonds. The first kappa shape index (κ1) is 16.0. The van der Waals surface area contributed by atoms with Gasteiger partial charge in [-0.15, -0.1) is 0 Å². The minimum Gasteiger partial charge on any atom is -0.379 e. The molecule has 1 saturated heterocycles. The van der Waals surface area contributed by atoms with Crippen molar-refractivity contribution in [3.05, 3.63) is 0 Å². The van der Waals surface area contributed by atoms with E-state index < -0.39 is 0 Å². The van der Waals surface area contributed by atoms with E-state index in [0.29, 0.717) is 0 Å². The standard InChI is InChI=1S/C16H33NO/c1-3-5-6-7-9-16(4-2)10-8-11-17-12-14-18-15-13-17/h16H,3-15H2,1-2H3. The van der Waals surface area contributed by atoms with Gasteiger partial charge in [-0.3, -0.25) is 4.90 Å². The molecular formula is C16H33NO. The summed E-state index contributed by atoms with van der Waals surface area (Å²) in [6, 6.07) is 0. The van der Waals surface area contributed by atoms with Gasteiger partial charge in [0.05, 0.1) is 13.2 Å². The highest BCUT2D eigenvalue weighted by molar-refractivity contribution is 4.64. The van der Waals surface area contributed by atoms with Gasteiger partial charge in [-0.05, 0) is 25.3 Å². The highest BCUT2D eigenvalue weighted by Crippen LogP contribution is 2.19. The summed E-state index contributed by atoms with van der Waals surface area (Å²) in [5, 5.41) is 0. The van der Waals surface area contributed by atoms with Gasteiger partial charge in [-0.2, -0.15) is 0 Å². The topological polar surface area (TPSA) is 12.5 Å². The van der Waals surface area contributed by atoms with E-state index >= 15 is 0 Å². The van der Waals surface area contributed by atoms with Crippen LogP contribution in [0.25, 0.3) is 0 Å². The lowest BCUT2D eigenvalue weighted by Gasteiger charge is -2.27. The zero-order valence-electron chi connectivity index (χ0n) is 12.6. The molecule has 0 aromatic carbocycles. The number of morpholine rings is 1. The van der Waals surface area contributed by atoms with Gasteiger partial charge in [0, 0.05) is 13.1 Å². The second kappa shape index (κ2) is 10.8. The van der Waals surface area contributed by atoms with E-state index in [2.05, 4.69) is 18.7 Å². The molecule has 108 valence electrons. The average molecular weight is 255 g/mol. The Morgan fingerprint density at radius 3 is 2.33 bits per heavy atom. The summed E-state index contributed by atoms with van der Waals surface area (Å²) in [5.41, 5.74) is 0. The molecule has 1 aliphatic heterocycles. The van der Waals surface area contributed by atoms with Gasteiger partial charge < -0.3 is 4.74 Å². The van der Waals surface area contributed by atoms with Crippen molar-refractivity contribution in [1.82, 2.24) is 4.90 Å². The van der Waals surface area contributed by atoms with Gasteiger partial charge in [0.15, 0.2) is 0 Å². The fourth-order valence-corrected chi connectivity index (χ4v) is 2.84. The molecule has 2 nitrogen and oxygen atoms in total. The Balaban J connectivity index is 1.99. The molecule has 0 spiro atoms. The number of ether oxygens (including phenoxy) is 1. The van der Waals surface area contributed by atoms with E-state index in [0.717, 1.165) is 32.2 Å². The molecular weight excluding hydrogens is 222 g/mol. The first-order chi connectivity index (χ1) is 8.86. The van der Waals surface area contributed by atoms with Crippen molar-refractivity contribution in [2.75, 3.05) is 32.8 Å².